The molecule has 0 unspecified atom stereocenters. The maximum Gasteiger partial charge on any atom is 0.322 e. The molecule has 110 valence electrons. The fourth-order valence-corrected chi connectivity index (χ4v) is 3.17. The van der Waals surface area contributed by atoms with Crippen molar-refractivity contribution >= 4 is 17.6 Å². The van der Waals surface area contributed by atoms with Crippen molar-refractivity contribution in [2.45, 2.75) is 18.9 Å². The minimum absolute atomic E-state index is 0.165. The maximum absolute atomic E-state index is 6.24. The van der Waals surface area contributed by atoms with Crippen LogP contribution in [0.4, 0.5) is 6.01 Å². The molecular formula is C17H14ClN3O. The highest BCUT2D eigenvalue weighted by atomic mass is 35.5. The lowest BCUT2D eigenvalue weighted by Gasteiger charge is -2.11. The summed E-state index contributed by atoms with van der Waals surface area (Å²) in [4.78, 5) is 4.42. The predicted octanol–water partition coefficient (Wildman–Crippen LogP) is 4.49. The van der Waals surface area contributed by atoms with E-state index in [1.54, 1.807) is 0 Å². The standard InChI is InChI=1S/C17H14ClN3O/c18-14-8-4-7-13-12(14)9-10-15(13)19-17-20-16(21-22-17)11-5-2-1-3-6-11/h1-8,15H,9-10H2,(H,19,20,21)/t15-/m0/s1. The van der Waals surface area contributed by atoms with Crippen LogP contribution in [0.15, 0.2) is 53.1 Å². The number of hydrogen-bond donors (Lipinski definition) is 1. The van der Waals surface area contributed by atoms with Crippen LogP contribution in [0.1, 0.15) is 23.6 Å². The number of nitrogens with zero attached hydrogens (tertiary/aromatic N) is 2. The second kappa shape index (κ2) is 5.46. The van der Waals surface area contributed by atoms with Crippen molar-refractivity contribution in [3.63, 3.8) is 0 Å². The molecule has 0 spiro atoms. The molecule has 0 bridgehead atoms. The fraction of sp³-hybridized carbons (Fsp3) is 0.176. The first-order valence-electron chi connectivity index (χ1n) is 7.24. The number of benzene rings is 2. The Bertz CT molecular complexity index is 801. The molecule has 0 amide bonds. The summed E-state index contributed by atoms with van der Waals surface area (Å²) in [6.07, 6.45) is 1.94. The van der Waals surface area contributed by atoms with Crippen molar-refractivity contribution < 1.29 is 4.52 Å². The summed E-state index contributed by atoms with van der Waals surface area (Å²) >= 11 is 6.24. The maximum atomic E-state index is 6.24. The number of halogens is 1. The third-order valence-electron chi connectivity index (χ3n) is 3.97. The SMILES string of the molecule is Clc1cccc2c1CC[C@@H]2Nc1nc(-c2ccccc2)no1. The van der Waals surface area contributed by atoms with Gasteiger partial charge in [0.1, 0.15) is 0 Å². The first kappa shape index (κ1) is 13.3. The number of rotatable bonds is 3. The van der Waals surface area contributed by atoms with Gasteiger partial charge in [0.05, 0.1) is 6.04 Å². The van der Waals surface area contributed by atoms with Gasteiger partial charge in [-0.3, -0.25) is 0 Å². The van der Waals surface area contributed by atoms with Crippen LogP contribution in [0.25, 0.3) is 11.4 Å². The number of fused-ring (bicyclic) bond motifs is 1. The summed E-state index contributed by atoms with van der Waals surface area (Å²) < 4.78 is 5.32. The van der Waals surface area contributed by atoms with Crippen molar-refractivity contribution in [3.8, 4) is 11.4 Å². The highest BCUT2D eigenvalue weighted by Crippen LogP contribution is 2.37. The topological polar surface area (TPSA) is 51.0 Å². The Morgan fingerprint density at radius 1 is 1.09 bits per heavy atom. The van der Waals surface area contributed by atoms with Gasteiger partial charge in [0.15, 0.2) is 0 Å². The molecule has 1 N–H and O–H groups in total. The minimum Gasteiger partial charge on any atom is -0.331 e. The van der Waals surface area contributed by atoms with Gasteiger partial charge < -0.3 is 9.84 Å². The van der Waals surface area contributed by atoms with E-state index in [1.807, 2.05) is 42.5 Å². The zero-order valence-corrected chi connectivity index (χ0v) is 12.5. The molecule has 4 rings (SSSR count). The fourth-order valence-electron chi connectivity index (χ4n) is 2.90. The van der Waals surface area contributed by atoms with E-state index in [9.17, 15) is 0 Å². The smallest absolute Gasteiger partial charge is 0.322 e. The largest absolute Gasteiger partial charge is 0.331 e. The number of anilines is 1. The molecule has 1 aliphatic rings. The van der Waals surface area contributed by atoms with E-state index < -0.39 is 0 Å². The lowest BCUT2D eigenvalue weighted by Crippen LogP contribution is -2.07. The molecule has 0 aliphatic heterocycles. The van der Waals surface area contributed by atoms with Gasteiger partial charge in [0.25, 0.3) is 0 Å². The Morgan fingerprint density at radius 3 is 2.82 bits per heavy atom. The van der Waals surface area contributed by atoms with Crippen molar-refractivity contribution in [2.24, 2.45) is 0 Å². The van der Waals surface area contributed by atoms with Crippen LogP contribution in [0.2, 0.25) is 5.02 Å². The van der Waals surface area contributed by atoms with Crippen LogP contribution in [0.5, 0.6) is 0 Å². The Morgan fingerprint density at radius 2 is 1.95 bits per heavy atom. The monoisotopic (exact) mass is 311 g/mol. The van der Waals surface area contributed by atoms with Crippen molar-refractivity contribution in [1.29, 1.82) is 0 Å². The van der Waals surface area contributed by atoms with Crippen LogP contribution >= 0.6 is 11.6 Å². The first-order chi connectivity index (χ1) is 10.8. The van der Waals surface area contributed by atoms with Crippen LogP contribution in [-0.2, 0) is 6.42 Å². The van der Waals surface area contributed by atoms with Gasteiger partial charge >= 0.3 is 6.01 Å². The number of aromatic nitrogens is 2. The van der Waals surface area contributed by atoms with Crippen LogP contribution in [-0.4, -0.2) is 10.1 Å². The third-order valence-corrected chi connectivity index (χ3v) is 4.32. The Labute approximate surface area is 133 Å². The normalized spacial score (nSPS) is 16.5. The molecule has 5 heteroatoms. The Kier molecular flexibility index (Phi) is 3.31. The molecule has 22 heavy (non-hydrogen) atoms. The van der Waals surface area contributed by atoms with Crippen LogP contribution < -0.4 is 5.32 Å². The lowest BCUT2D eigenvalue weighted by molar-refractivity contribution is 0.427. The molecule has 1 aromatic heterocycles. The minimum atomic E-state index is 0.165. The van der Waals surface area contributed by atoms with E-state index in [2.05, 4.69) is 21.5 Å². The number of hydrogen-bond acceptors (Lipinski definition) is 4. The summed E-state index contributed by atoms with van der Waals surface area (Å²) in [5, 5.41) is 8.17. The van der Waals surface area contributed by atoms with Crippen molar-refractivity contribution in [1.82, 2.24) is 10.1 Å². The molecule has 0 radical (unpaired) electrons. The molecule has 0 fully saturated rings. The summed E-state index contributed by atoms with van der Waals surface area (Å²) in [7, 11) is 0. The second-order valence-corrected chi connectivity index (χ2v) is 5.74. The third kappa shape index (κ3) is 2.35. The summed E-state index contributed by atoms with van der Waals surface area (Å²) in [6, 6.07) is 16.4. The van der Waals surface area contributed by atoms with Gasteiger partial charge in [-0.15, -0.1) is 0 Å². The van der Waals surface area contributed by atoms with E-state index in [4.69, 9.17) is 16.1 Å². The number of nitrogens with one attached hydrogen (secondary N) is 1. The highest BCUT2D eigenvalue weighted by molar-refractivity contribution is 6.31. The zero-order valence-electron chi connectivity index (χ0n) is 11.8. The molecule has 4 nitrogen and oxygen atoms in total. The zero-order chi connectivity index (χ0) is 14.9. The summed E-state index contributed by atoms with van der Waals surface area (Å²) in [5.74, 6) is 0.590. The average molecular weight is 312 g/mol. The van der Waals surface area contributed by atoms with Gasteiger partial charge in [-0.05, 0) is 30.0 Å². The Hall–Kier alpha value is -2.33. The summed E-state index contributed by atoms with van der Waals surface area (Å²) in [6.45, 7) is 0. The molecule has 0 saturated heterocycles. The van der Waals surface area contributed by atoms with Gasteiger partial charge in [0.2, 0.25) is 5.82 Å². The second-order valence-electron chi connectivity index (χ2n) is 5.33. The lowest BCUT2D eigenvalue weighted by atomic mass is 10.1. The quantitative estimate of drug-likeness (QED) is 0.774. The average Bonchev–Trinajstić information content (AvgIpc) is 3.17. The molecule has 2 aromatic carbocycles. The van der Waals surface area contributed by atoms with Gasteiger partial charge in [-0.2, -0.15) is 4.98 Å². The summed E-state index contributed by atoms with van der Waals surface area (Å²) in [5.41, 5.74) is 3.37. The van der Waals surface area contributed by atoms with Gasteiger partial charge in [0, 0.05) is 10.6 Å². The molecule has 3 aromatic rings. The molecule has 1 aliphatic carbocycles. The molecule has 1 atom stereocenters. The van der Waals surface area contributed by atoms with E-state index in [1.165, 1.54) is 11.1 Å². The van der Waals surface area contributed by atoms with Crippen LogP contribution in [0.3, 0.4) is 0 Å². The molecule has 1 heterocycles. The Balaban J connectivity index is 1.57. The molecule has 0 saturated carbocycles. The van der Waals surface area contributed by atoms with Gasteiger partial charge in [-0.25, -0.2) is 0 Å². The van der Waals surface area contributed by atoms with E-state index >= 15 is 0 Å². The van der Waals surface area contributed by atoms with E-state index in [-0.39, 0.29) is 6.04 Å². The first-order valence-corrected chi connectivity index (χ1v) is 7.62. The van der Waals surface area contributed by atoms with E-state index in [0.717, 1.165) is 23.4 Å². The van der Waals surface area contributed by atoms with Crippen molar-refractivity contribution in [3.05, 3.63) is 64.7 Å². The molecular weight excluding hydrogens is 298 g/mol. The van der Waals surface area contributed by atoms with Crippen LogP contribution in [0, 0.1) is 0 Å². The predicted molar refractivity (Wildman–Crippen MR) is 85.9 cm³/mol. The highest BCUT2D eigenvalue weighted by Gasteiger charge is 2.25. The van der Waals surface area contributed by atoms with Crippen molar-refractivity contribution in [2.75, 3.05) is 5.32 Å². The van der Waals surface area contributed by atoms with E-state index in [0.29, 0.717) is 11.8 Å². The van der Waals surface area contributed by atoms with Gasteiger partial charge in [-0.1, -0.05) is 59.2 Å².